The third kappa shape index (κ3) is 2.90. The third-order valence-corrected chi connectivity index (χ3v) is 6.00. The van der Waals surface area contributed by atoms with E-state index < -0.39 is 0 Å². The first-order valence-corrected chi connectivity index (χ1v) is 8.51. The van der Waals surface area contributed by atoms with E-state index in [0.717, 1.165) is 19.4 Å². The van der Waals surface area contributed by atoms with Crippen molar-refractivity contribution in [1.82, 2.24) is 5.32 Å². The van der Waals surface area contributed by atoms with Gasteiger partial charge in [-0.1, -0.05) is 26.7 Å². The minimum absolute atomic E-state index is 0.0312. The van der Waals surface area contributed by atoms with Crippen LogP contribution in [-0.2, 0) is 9.47 Å². The smallest absolute Gasteiger partial charge is 0.0828 e. The van der Waals surface area contributed by atoms with Crippen LogP contribution >= 0.6 is 0 Å². The zero-order valence-corrected chi connectivity index (χ0v) is 13.8. The maximum atomic E-state index is 6.20. The SMILES string of the molecule is CCC(CC)(OC)C(NC)C1CCOC2(CCCC2)C1. The molecule has 1 saturated heterocycles. The zero-order valence-electron chi connectivity index (χ0n) is 13.8. The van der Waals surface area contributed by atoms with Gasteiger partial charge in [-0.2, -0.15) is 0 Å². The van der Waals surface area contributed by atoms with Crippen molar-refractivity contribution in [2.75, 3.05) is 20.8 Å². The highest BCUT2D eigenvalue weighted by Gasteiger charge is 2.46. The molecule has 2 fully saturated rings. The lowest BCUT2D eigenvalue weighted by molar-refractivity contribution is -0.125. The van der Waals surface area contributed by atoms with E-state index in [1.807, 2.05) is 7.11 Å². The van der Waals surface area contributed by atoms with Crippen LogP contribution in [0.25, 0.3) is 0 Å². The van der Waals surface area contributed by atoms with Crippen LogP contribution in [0.4, 0.5) is 0 Å². The van der Waals surface area contributed by atoms with Gasteiger partial charge in [0, 0.05) is 19.8 Å². The normalized spacial score (nSPS) is 27.9. The monoisotopic (exact) mass is 283 g/mol. The van der Waals surface area contributed by atoms with Crippen molar-refractivity contribution in [2.24, 2.45) is 5.92 Å². The zero-order chi connectivity index (χ0) is 14.6. The molecule has 2 rings (SSSR count). The average molecular weight is 283 g/mol. The Morgan fingerprint density at radius 3 is 2.45 bits per heavy atom. The highest BCUT2D eigenvalue weighted by Crippen LogP contribution is 2.45. The molecule has 0 aromatic heterocycles. The molecule has 1 saturated carbocycles. The van der Waals surface area contributed by atoms with E-state index in [1.54, 1.807) is 0 Å². The maximum Gasteiger partial charge on any atom is 0.0828 e. The Morgan fingerprint density at radius 1 is 1.30 bits per heavy atom. The van der Waals surface area contributed by atoms with Gasteiger partial charge < -0.3 is 14.8 Å². The van der Waals surface area contributed by atoms with Gasteiger partial charge in [-0.25, -0.2) is 0 Å². The van der Waals surface area contributed by atoms with Crippen molar-refractivity contribution in [3.8, 4) is 0 Å². The molecule has 2 atom stereocenters. The lowest BCUT2D eigenvalue weighted by Crippen LogP contribution is -2.57. The van der Waals surface area contributed by atoms with Gasteiger partial charge in [0.05, 0.1) is 11.2 Å². The van der Waals surface area contributed by atoms with Gasteiger partial charge in [0.25, 0.3) is 0 Å². The maximum absolute atomic E-state index is 6.20. The van der Waals surface area contributed by atoms with Gasteiger partial charge in [-0.15, -0.1) is 0 Å². The molecule has 0 aromatic rings. The van der Waals surface area contributed by atoms with Crippen molar-refractivity contribution in [3.05, 3.63) is 0 Å². The fourth-order valence-corrected chi connectivity index (χ4v) is 4.75. The number of methoxy groups -OCH3 is 1. The Balaban J connectivity index is 2.14. The van der Waals surface area contributed by atoms with Crippen LogP contribution in [0.2, 0.25) is 0 Å². The highest BCUT2D eigenvalue weighted by molar-refractivity contribution is 5.00. The van der Waals surface area contributed by atoms with E-state index in [0.29, 0.717) is 12.0 Å². The number of nitrogens with one attached hydrogen (secondary N) is 1. The van der Waals surface area contributed by atoms with E-state index in [-0.39, 0.29) is 11.2 Å². The van der Waals surface area contributed by atoms with Crippen LogP contribution in [-0.4, -0.2) is 38.0 Å². The molecule has 3 nitrogen and oxygen atoms in total. The van der Waals surface area contributed by atoms with Gasteiger partial charge >= 0.3 is 0 Å². The van der Waals surface area contributed by atoms with Crippen molar-refractivity contribution in [3.63, 3.8) is 0 Å². The topological polar surface area (TPSA) is 30.5 Å². The summed E-state index contributed by atoms with van der Waals surface area (Å²) < 4.78 is 12.2. The predicted molar refractivity (Wildman–Crippen MR) is 83.0 cm³/mol. The summed E-state index contributed by atoms with van der Waals surface area (Å²) in [5.41, 5.74) is 0.162. The first-order chi connectivity index (χ1) is 9.65. The largest absolute Gasteiger partial charge is 0.377 e. The van der Waals surface area contributed by atoms with Crippen molar-refractivity contribution in [2.45, 2.75) is 82.5 Å². The summed E-state index contributed by atoms with van der Waals surface area (Å²) in [6.45, 7) is 5.43. The van der Waals surface area contributed by atoms with Crippen LogP contribution in [0.5, 0.6) is 0 Å². The molecule has 1 N–H and O–H groups in total. The van der Waals surface area contributed by atoms with E-state index in [4.69, 9.17) is 9.47 Å². The minimum atomic E-state index is -0.0312. The van der Waals surface area contributed by atoms with Crippen molar-refractivity contribution < 1.29 is 9.47 Å². The summed E-state index contributed by atoms with van der Waals surface area (Å²) in [6.07, 6.45) is 9.71. The molecule has 1 aliphatic heterocycles. The lowest BCUT2D eigenvalue weighted by Gasteiger charge is -2.47. The summed E-state index contributed by atoms with van der Waals surface area (Å²) in [5, 5.41) is 3.59. The Kier molecular flexibility index (Phi) is 5.49. The van der Waals surface area contributed by atoms with E-state index in [1.165, 1.54) is 38.5 Å². The quantitative estimate of drug-likeness (QED) is 0.809. The molecular weight excluding hydrogens is 250 g/mol. The van der Waals surface area contributed by atoms with Gasteiger partial charge in [0.2, 0.25) is 0 Å². The summed E-state index contributed by atoms with van der Waals surface area (Å²) in [4.78, 5) is 0. The van der Waals surface area contributed by atoms with E-state index >= 15 is 0 Å². The number of rotatable bonds is 6. The Hall–Kier alpha value is -0.120. The highest BCUT2D eigenvalue weighted by atomic mass is 16.5. The van der Waals surface area contributed by atoms with Crippen LogP contribution in [0, 0.1) is 5.92 Å². The molecule has 0 radical (unpaired) electrons. The molecular formula is C17H33NO2. The summed E-state index contributed by atoms with van der Waals surface area (Å²) >= 11 is 0. The summed E-state index contributed by atoms with van der Waals surface area (Å²) in [7, 11) is 3.97. The Bertz CT molecular complexity index is 287. The van der Waals surface area contributed by atoms with E-state index in [2.05, 4.69) is 26.2 Å². The Labute approximate surface area is 124 Å². The summed E-state index contributed by atoms with van der Waals surface area (Å²) in [6, 6.07) is 0.434. The molecule has 2 aliphatic rings. The summed E-state index contributed by atoms with van der Waals surface area (Å²) in [5.74, 6) is 0.673. The molecule has 0 aromatic carbocycles. The number of hydrogen-bond acceptors (Lipinski definition) is 3. The van der Waals surface area contributed by atoms with Crippen LogP contribution in [0.1, 0.15) is 65.2 Å². The molecule has 118 valence electrons. The average Bonchev–Trinajstić information content (AvgIpc) is 2.92. The first-order valence-electron chi connectivity index (χ1n) is 8.51. The minimum Gasteiger partial charge on any atom is -0.377 e. The van der Waals surface area contributed by atoms with Crippen LogP contribution < -0.4 is 5.32 Å². The molecule has 1 spiro atoms. The van der Waals surface area contributed by atoms with Gasteiger partial charge in [0.15, 0.2) is 0 Å². The number of likely N-dealkylation sites (N-methyl/N-ethyl adjacent to an activating group) is 1. The third-order valence-electron chi connectivity index (χ3n) is 6.00. The van der Waals surface area contributed by atoms with E-state index in [9.17, 15) is 0 Å². The molecule has 0 amide bonds. The lowest BCUT2D eigenvalue weighted by atomic mass is 9.73. The molecule has 0 bridgehead atoms. The van der Waals surface area contributed by atoms with Gasteiger partial charge in [-0.3, -0.25) is 0 Å². The molecule has 2 unspecified atom stereocenters. The van der Waals surface area contributed by atoms with Crippen LogP contribution in [0.3, 0.4) is 0 Å². The van der Waals surface area contributed by atoms with Crippen LogP contribution in [0.15, 0.2) is 0 Å². The van der Waals surface area contributed by atoms with Crippen molar-refractivity contribution >= 4 is 0 Å². The molecule has 3 heteroatoms. The second-order valence-electron chi connectivity index (χ2n) is 6.73. The van der Waals surface area contributed by atoms with Crippen molar-refractivity contribution in [1.29, 1.82) is 0 Å². The number of ether oxygens (including phenoxy) is 2. The van der Waals surface area contributed by atoms with Gasteiger partial charge in [-0.05, 0) is 51.5 Å². The molecule has 20 heavy (non-hydrogen) atoms. The Morgan fingerprint density at radius 2 is 1.95 bits per heavy atom. The number of hydrogen-bond donors (Lipinski definition) is 1. The fourth-order valence-electron chi connectivity index (χ4n) is 4.75. The second kappa shape index (κ2) is 6.76. The fraction of sp³-hybridized carbons (Fsp3) is 1.00. The van der Waals surface area contributed by atoms with Gasteiger partial charge in [0.1, 0.15) is 0 Å². The predicted octanol–water partition coefficient (Wildman–Crippen LogP) is 3.52. The standard InChI is InChI=1S/C17H33NO2/c1-5-17(6-2,19-4)15(18-3)14-9-12-20-16(13-14)10-7-8-11-16/h14-15,18H,5-13H2,1-4H3. The molecule has 1 aliphatic carbocycles. The molecule has 1 heterocycles. The first kappa shape index (κ1) is 16.3. The second-order valence-corrected chi connectivity index (χ2v) is 6.73.